The Morgan fingerprint density at radius 1 is 1.25 bits per heavy atom. The van der Waals surface area contributed by atoms with Gasteiger partial charge in [-0.3, -0.25) is 0 Å². The molecule has 0 spiro atoms. The zero-order chi connectivity index (χ0) is 14.2. The van der Waals surface area contributed by atoms with E-state index < -0.39 is 9.84 Å². The Hall–Kier alpha value is -0.810. The molecule has 4 nitrogen and oxygen atoms in total. The summed E-state index contributed by atoms with van der Waals surface area (Å²) >= 11 is 0. The highest BCUT2D eigenvalue weighted by Crippen LogP contribution is 2.33. The van der Waals surface area contributed by atoms with E-state index in [0.717, 1.165) is 50.7 Å². The molecule has 0 bridgehead atoms. The van der Waals surface area contributed by atoms with Crippen molar-refractivity contribution >= 4 is 9.84 Å². The monoisotopic (exact) mass is 297 g/mol. The summed E-state index contributed by atoms with van der Waals surface area (Å²) in [5.74, 6) is 1.10. The second-order valence-corrected chi connectivity index (χ2v) is 8.55. The predicted octanol–water partition coefficient (Wildman–Crippen LogP) is 2.60. The first kappa shape index (κ1) is 14.1. The van der Waals surface area contributed by atoms with Gasteiger partial charge in [-0.2, -0.15) is 0 Å². The molecule has 3 unspecified atom stereocenters. The number of fused-ring (bicyclic) bond motifs is 1. The van der Waals surface area contributed by atoms with E-state index in [4.69, 9.17) is 4.42 Å². The molecule has 1 N–H and O–H groups in total. The van der Waals surface area contributed by atoms with Gasteiger partial charge in [-0.1, -0.05) is 6.42 Å². The number of aryl methyl sites for hydroxylation is 1. The minimum absolute atomic E-state index is 0.166. The van der Waals surface area contributed by atoms with Crippen LogP contribution in [-0.4, -0.2) is 26.0 Å². The maximum absolute atomic E-state index is 11.7. The van der Waals surface area contributed by atoms with Crippen molar-refractivity contribution in [3.05, 3.63) is 23.7 Å². The number of hydrogen-bond donors (Lipinski definition) is 1. The molecule has 112 valence electrons. The smallest absolute Gasteiger partial charge is 0.150 e. The van der Waals surface area contributed by atoms with Crippen LogP contribution in [-0.2, 0) is 16.3 Å². The van der Waals surface area contributed by atoms with Gasteiger partial charge in [-0.25, -0.2) is 8.42 Å². The Morgan fingerprint density at radius 3 is 2.90 bits per heavy atom. The minimum atomic E-state index is -2.91. The highest BCUT2D eigenvalue weighted by molar-refractivity contribution is 7.91. The summed E-state index contributed by atoms with van der Waals surface area (Å²) in [5.41, 5.74) is 1.28. The van der Waals surface area contributed by atoms with Crippen molar-refractivity contribution in [2.24, 2.45) is 0 Å². The normalized spacial score (nSPS) is 30.9. The third kappa shape index (κ3) is 2.93. The Balaban J connectivity index is 1.67. The van der Waals surface area contributed by atoms with E-state index in [-0.39, 0.29) is 5.25 Å². The van der Waals surface area contributed by atoms with Crippen LogP contribution in [0.25, 0.3) is 0 Å². The molecule has 1 heterocycles. The maximum atomic E-state index is 11.7. The summed E-state index contributed by atoms with van der Waals surface area (Å²) < 4.78 is 29.0. The molecule has 20 heavy (non-hydrogen) atoms. The van der Waals surface area contributed by atoms with Crippen LogP contribution in [0.15, 0.2) is 16.7 Å². The minimum Gasteiger partial charge on any atom is -0.469 e. The molecule has 0 radical (unpaired) electrons. The van der Waals surface area contributed by atoms with Crippen LogP contribution in [0, 0.1) is 0 Å². The number of sulfone groups is 1. The van der Waals surface area contributed by atoms with Crippen LogP contribution in [0.2, 0.25) is 0 Å². The van der Waals surface area contributed by atoms with E-state index in [1.807, 2.05) is 0 Å². The Labute approximate surface area is 120 Å². The lowest BCUT2D eigenvalue weighted by atomic mass is 9.89. The van der Waals surface area contributed by atoms with Crippen LogP contribution < -0.4 is 5.32 Å². The van der Waals surface area contributed by atoms with Crippen molar-refractivity contribution < 1.29 is 12.8 Å². The lowest BCUT2D eigenvalue weighted by Gasteiger charge is -2.33. The molecule has 1 aromatic heterocycles. The topological polar surface area (TPSA) is 59.3 Å². The lowest BCUT2D eigenvalue weighted by molar-refractivity contribution is 0.314. The second kappa shape index (κ2) is 5.53. The second-order valence-electron chi connectivity index (χ2n) is 6.23. The average molecular weight is 297 g/mol. The van der Waals surface area contributed by atoms with Crippen LogP contribution >= 0.6 is 0 Å². The summed E-state index contributed by atoms with van der Waals surface area (Å²) in [4.78, 5) is 0. The van der Waals surface area contributed by atoms with E-state index in [2.05, 4.69) is 11.4 Å². The summed E-state index contributed by atoms with van der Waals surface area (Å²) in [6, 6.07) is 2.71. The van der Waals surface area contributed by atoms with Gasteiger partial charge in [0, 0.05) is 30.3 Å². The van der Waals surface area contributed by atoms with Crippen molar-refractivity contribution in [2.75, 3.05) is 6.26 Å². The first-order chi connectivity index (χ1) is 9.54. The molecular formula is C15H23NO3S. The van der Waals surface area contributed by atoms with Crippen molar-refractivity contribution in [2.45, 2.75) is 62.3 Å². The Bertz CT molecular complexity index is 563. The van der Waals surface area contributed by atoms with E-state index in [9.17, 15) is 8.42 Å². The van der Waals surface area contributed by atoms with E-state index in [1.165, 1.54) is 11.8 Å². The summed E-state index contributed by atoms with van der Waals surface area (Å²) in [5, 5.41) is 3.51. The average Bonchev–Trinajstić information content (AvgIpc) is 2.87. The van der Waals surface area contributed by atoms with Gasteiger partial charge in [0.15, 0.2) is 0 Å². The highest BCUT2D eigenvalue weighted by Gasteiger charge is 2.31. The van der Waals surface area contributed by atoms with E-state index >= 15 is 0 Å². The van der Waals surface area contributed by atoms with Gasteiger partial charge in [-0.15, -0.1) is 0 Å². The summed E-state index contributed by atoms with van der Waals surface area (Å²) in [7, 11) is -2.91. The van der Waals surface area contributed by atoms with Gasteiger partial charge in [-0.05, 0) is 38.2 Å². The fraction of sp³-hybridized carbons (Fsp3) is 0.733. The molecule has 1 fully saturated rings. The van der Waals surface area contributed by atoms with Crippen LogP contribution in [0.4, 0.5) is 0 Å². The summed E-state index contributed by atoms with van der Waals surface area (Å²) in [6.07, 6.45) is 10.1. The highest BCUT2D eigenvalue weighted by atomic mass is 32.2. The molecule has 1 aromatic rings. The number of furan rings is 1. The molecule has 5 heteroatoms. The zero-order valence-electron chi connectivity index (χ0n) is 12.0. The van der Waals surface area contributed by atoms with Crippen molar-refractivity contribution in [3.8, 4) is 0 Å². The standard InChI is InChI=1S/C15H23NO3S/c1-20(17,18)12-5-2-4-11(10-12)16-14-6-3-7-15-13(14)8-9-19-15/h8-9,11-12,14,16H,2-7,10H2,1H3. The van der Waals surface area contributed by atoms with Gasteiger partial charge in [0.25, 0.3) is 0 Å². The van der Waals surface area contributed by atoms with E-state index in [1.54, 1.807) is 6.26 Å². The Kier molecular flexibility index (Phi) is 3.91. The van der Waals surface area contributed by atoms with Crippen LogP contribution in [0.1, 0.15) is 55.9 Å². The summed E-state index contributed by atoms with van der Waals surface area (Å²) in [6.45, 7) is 0. The molecule has 3 rings (SSSR count). The van der Waals surface area contributed by atoms with Gasteiger partial charge in [0.1, 0.15) is 15.6 Å². The molecule has 2 aliphatic carbocycles. The Morgan fingerprint density at radius 2 is 2.10 bits per heavy atom. The molecule has 2 aliphatic rings. The molecule has 3 atom stereocenters. The largest absolute Gasteiger partial charge is 0.469 e. The molecular weight excluding hydrogens is 274 g/mol. The molecule has 1 saturated carbocycles. The molecule has 0 aliphatic heterocycles. The van der Waals surface area contributed by atoms with Crippen molar-refractivity contribution in [3.63, 3.8) is 0 Å². The SMILES string of the molecule is CS(=O)(=O)C1CCCC(NC2CCCc3occc32)C1. The quantitative estimate of drug-likeness (QED) is 0.931. The fourth-order valence-corrected chi connectivity index (χ4v) is 4.81. The van der Waals surface area contributed by atoms with Crippen LogP contribution in [0.3, 0.4) is 0 Å². The van der Waals surface area contributed by atoms with Gasteiger partial charge in [0.05, 0.1) is 11.5 Å². The molecule has 0 saturated heterocycles. The molecule has 0 aromatic carbocycles. The van der Waals surface area contributed by atoms with Crippen LogP contribution in [0.5, 0.6) is 0 Å². The number of hydrogen-bond acceptors (Lipinski definition) is 4. The van der Waals surface area contributed by atoms with Gasteiger partial charge < -0.3 is 9.73 Å². The fourth-order valence-electron chi connectivity index (χ4n) is 3.63. The number of rotatable bonds is 3. The predicted molar refractivity (Wildman–Crippen MR) is 78.4 cm³/mol. The first-order valence-electron chi connectivity index (χ1n) is 7.55. The van der Waals surface area contributed by atoms with Gasteiger partial charge >= 0.3 is 0 Å². The van der Waals surface area contributed by atoms with E-state index in [0.29, 0.717) is 12.1 Å². The van der Waals surface area contributed by atoms with Gasteiger partial charge in [0.2, 0.25) is 0 Å². The van der Waals surface area contributed by atoms with Crippen molar-refractivity contribution in [1.82, 2.24) is 5.32 Å². The first-order valence-corrected chi connectivity index (χ1v) is 9.50. The number of nitrogens with one attached hydrogen (secondary N) is 1. The maximum Gasteiger partial charge on any atom is 0.150 e. The lowest BCUT2D eigenvalue weighted by Crippen LogP contribution is -2.41. The molecule has 0 amide bonds. The third-order valence-corrected chi connectivity index (χ3v) is 6.36. The third-order valence-electron chi connectivity index (χ3n) is 4.72. The zero-order valence-corrected chi connectivity index (χ0v) is 12.8. The van der Waals surface area contributed by atoms with Crippen molar-refractivity contribution in [1.29, 1.82) is 0 Å².